The molecule has 1 aliphatic carbocycles. The zero-order valence-corrected chi connectivity index (χ0v) is 17.0. The van der Waals surface area contributed by atoms with Crippen molar-refractivity contribution in [1.29, 1.82) is 5.26 Å². The summed E-state index contributed by atoms with van der Waals surface area (Å²) in [5, 5.41) is 21.7. The minimum absolute atomic E-state index is 0.0211. The van der Waals surface area contributed by atoms with Crippen LogP contribution in [0.3, 0.4) is 0 Å². The van der Waals surface area contributed by atoms with Gasteiger partial charge in [-0.05, 0) is 49.4 Å². The summed E-state index contributed by atoms with van der Waals surface area (Å²) in [6.45, 7) is 9.15. The Bertz CT molecular complexity index is 885. The standard InChI is InChI=1S/C22H28N6/c1-22(2,3)19-8-9-20(27-26-19)28-13-15(14-28)12-24-21-17(11-23)10-16-6-4-5-7-18(16)25-21/h8-10,15H,4-7,12-14H2,1-3H3,(H,24,25). The van der Waals surface area contributed by atoms with E-state index < -0.39 is 0 Å². The summed E-state index contributed by atoms with van der Waals surface area (Å²) in [6, 6.07) is 8.47. The van der Waals surface area contributed by atoms with Gasteiger partial charge in [-0.15, -0.1) is 5.10 Å². The number of anilines is 2. The molecule has 4 rings (SSSR count). The third-order valence-corrected chi connectivity index (χ3v) is 5.68. The minimum atomic E-state index is 0.0211. The van der Waals surface area contributed by atoms with E-state index in [-0.39, 0.29) is 5.41 Å². The average Bonchev–Trinajstić information content (AvgIpc) is 2.65. The summed E-state index contributed by atoms with van der Waals surface area (Å²) < 4.78 is 0. The lowest BCUT2D eigenvalue weighted by molar-refractivity contribution is 0.424. The van der Waals surface area contributed by atoms with Crippen molar-refractivity contribution in [1.82, 2.24) is 15.2 Å². The molecule has 1 aliphatic heterocycles. The van der Waals surface area contributed by atoms with Crippen molar-refractivity contribution in [2.75, 3.05) is 29.9 Å². The van der Waals surface area contributed by atoms with Crippen molar-refractivity contribution < 1.29 is 0 Å². The number of pyridine rings is 1. The second-order valence-corrected chi connectivity index (χ2v) is 8.99. The highest BCUT2D eigenvalue weighted by Gasteiger charge is 2.28. The molecule has 0 atom stereocenters. The SMILES string of the molecule is CC(C)(C)c1ccc(N2CC(CNc3nc4c(cc3C#N)CCCC4)C2)nn1. The molecule has 0 radical (unpaired) electrons. The summed E-state index contributed by atoms with van der Waals surface area (Å²) >= 11 is 0. The smallest absolute Gasteiger partial charge is 0.151 e. The average molecular weight is 377 g/mol. The van der Waals surface area contributed by atoms with E-state index in [4.69, 9.17) is 4.98 Å². The van der Waals surface area contributed by atoms with Gasteiger partial charge in [0.1, 0.15) is 11.9 Å². The maximum atomic E-state index is 9.47. The van der Waals surface area contributed by atoms with E-state index in [9.17, 15) is 5.26 Å². The maximum absolute atomic E-state index is 9.47. The van der Waals surface area contributed by atoms with Crippen LogP contribution in [0, 0.1) is 17.2 Å². The summed E-state index contributed by atoms with van der Waals surface area (Å²) in [7, 11) is 0. The van der Waals surface area contributed by atoms with Gasteiger partial charge in [0.2, 0.25) is 0 Å². The van der Waals surface area contributed by atoms with Gasteiger partial charge in [-0.2, -0.15) is 10.4 Å². The fourth-order valence-electron chi connectivity index (χ4n) is 3.87. The number of rotatable bonds is 4. The van der Waals surface area contributed by atoms with Gasteiger partial charge in [0, 0.05) is 36.7 Å². The molecule has 28 heavy (non-hydrogen) atoms. The van der Waals surface area contributed by atoms with Crippen LogP contribution in [0.4, 0.5) is 11.6 Å². The molecule has 1 fully saturated rings. The first-order valence-corrected chi connectivity index (χ1v) is 10.2. The molecule has 0 saturated carbocycles. The molecular weight excluding hydrogens is 348 g/mol. The number of hydrogen-bond donors (Lipinski definition) is 1. The fourth-order valence-corrected chi connectivity index (χ4v) is 3.87. The van der Waals surface area contributed by atoms with Gasteiger partial charge >= 0.3 is 0 Å². The van der Waals surface area contributed by atoms with Crippen LogP contribution < -0.4 is 10.2 Å². The lowest BCUT2D eigenvalue weighted by atomic mass is 9.92. The van der Waals surface area contributed by atoms with Gasteiger partial charge in [-0.3, -0.25) is 0 Å². The Hall–Kier alpha value is -2.68. The lowest BCUT2D eigenvalue weighted by Gasteiger charge is -2.40. The molecule has 6 nitrogen and oxygen atoms in total. The molecule has 1 saturated heterocycles. The quantitative estimate of drug-likeness (QED) is 0.880. The monoisotopic (exact) mass is 376 g/mol. The number of hydrogen-bond acceptors (Lipinski definition) is 6. The second-order valence-electron chi connectivity index (χ2n) is 8.99. The van der Waals surface area contributed by atoms with Gasteiger partial charge in [0.15, 0.2) is 5.82 Å². The highest BCUT2D eigenvalue weighted by Crippen LogP contribution is 2.27. The number of nitrogens with one attached hydrogen (secondary N) is 1. The summed E-state index contributed by atoms with van der Waals surface area (Å²) in [4.78, 5) is 7.00. The van der Waals surface area contributed by atoms with E-state index in [1.54, 1.807) is 0 Å². The van der Waals surface area contributed by atoms with Crippen LogP contribution in [0.2, 0.25) is 0 Å². The number of nitrogens with zero attached hydrogens (tertiary/aromatic N) is 5. The first kappa shape index (κ1) is 18.7. The summed E-state index contributed by atoms with van der Waals surface area (Å²) in [5.74, 6) is 2.21. The molecule has 1 N–H and O–H groups in total. The molecule has 0 amide bonds. The predicted molar refractivity (Wildman–Crippen MR) is 111 cm³/mol. The molecule has 0 spiro atoms. The number of fused-ring (bicyclic) bond motifs is 1. The molecule has 0 unspecified atom stereocenters. The van der Waals surface area contributed by atoms with Crippen molar-refractivity contribution in [3.8, 4) is 6.07 Å². The third kappa shape index (κ3) is 3.80. The second kappa shape index (κ2) is 7.38. The van der Waals surface area contributed by atoms with Crippen molar-refractivity contribution in [3.63, 3.8) is 0 Å². The molecular formula is C22H28N6. The van der Waals surface area contributed by atoms with Crippen molar-refractivity contribution in [3.05, 3.63) is 40.7 Å². The van der Waals surface area contributed by atoms with Crippen LogP contribution in [-0.2, 0) is 18.3 Å². The number of aromatic nitrogens is 3. The first-order valence-electron chi connectivity index (χ1n) is 10.2. The van der Waals surface area contributed by atoms with Crippen molar-refractivity contribution in [2.45, 2.75) is 51.9 Å². The van der Waals surface area contributed by atoms with E-state index in [2.05, 4.69) is 59.4 Å². The van der Waals surface area contributed by atoms with Gasteiger partial charge in [-0.25, -0.2) is 4.98 Å². The molecule has 2 aromatic rings. The molecule has 3 heterocycles. The third-order valence-electron chi connectivity index (χ3n) is 5.68. The van der Waals surface area contributed by atoms with Gasteiger partial charge in [-0.1, -0.05) is 20.8 Å². The van der Waals surface area contributed by atoms with Crippen LogP contribution >= 0.6 is 0 Å². The molecule has 2 aliphatic rings. The van der Waals surface area contributed by atoms with Crippen LogP contribution in [-0.4, -0.2) is 34.8 Å². The fraction of sp³-hybridized carbons (Fsp3) is 0.545. The number of aryl methyl sites for hydroxylation is 2. The summed E-state index contributed by atoms with van der Waals surface area (Å²) in [6.07, 6.45) is 4.46. The summed E-state index contributed by atoms with van der Waals surface area (Å²) in [5.41, 5.74) is 4.11. The lowest BCUT2D eigenvalue weighted by Crippen LogP contribution is -2.50. The van der Waals surface area contributed by atoms with Gasteiger partial charge in [0.05, 0.1) is 11.3 Å². The Morgan fingerprint density at radius 1 is 1.18 bits per heavy atom. The Morgan fingerprint density at radius 3 is 2.64 bits per heavy atom. The molecule has 0 bridgehead atoms. The van der Waals surface area contributed by atoms with E-state index in [0.29, 0.717) is 11.5 Å². The van der Waals surface area contributed by atoms with Crippen LogP contribution in [0.1, 0.15) is 56.1 Å². The molecule has 0 aromatic carbocycles. The van der Waals surface area contributed by atoms with Gasteiger partial charge < -0.3 is 10.2 Å². The normalized spacial score (nSPS) is 16.9. The van der Waals surface area contributed by atoms with Crippen LogP contribution in [0.25, 0.3) is 0 Å². The zero-order chi connectivity index (χ0) is 19.7. The number of nitriles is 1. The Morgan fingerprint density at radius 2 is 1.96 bits per heavy atom. The Kier molecular flexibility index (Phi) is 4.92. The highest BCUT2D eigenvalue weighted by molar-refractivity contribution is 5.55. The maximum Gasteiger partial charge on any atom is 0.151 e. The Labute approximate surface area is 167 Å². The van der Waals surface area contributed by atoms with Gasteiger partial charge in [0.25, 0.3) is 0 Å². The van der Waals surface area contributed by atoms with Crippen molar-refractivity contribution in [2.24, 2.45) is 5.92 Å². The minimum Gasteiger partial charge on any atom is -0.369 e. The first-order chi connectivity index (χ1) is 13.4. The van der Waals surface area contributed by atoms with E-state index in [0.717, 1.165) is 55.5 Å². The zero-order valence-electron chi connectivity index (χ0n) is 17.0. The van der Waals surface area contributed by atoms with E-state index >= 15 is 0 Å². The molecule has 6 heteroatoms. The van der Waals surface area contributed by atoms with E-state index in [1.807, 2.05) is 6.07 Å². The topological polar surface area (TPSA) is 77.7 Å². The molecule has 146 valence electrons. The largest absolute Gasteiger partial charge is 0.369 e. The predicted octanol–water partition coefficient (Wildman–Crippen LogP) is 3.47. The van der Waals surface area contributed by atoms with Crippen LogP contribution in [0.5, 0.6) is 0 Å². The highest BCUT2D eigenvalue weighted by atomic mass is 15.3. The van der Waals surface area contributed by atoms with Crippen LogP contribution in [0.15, 0.2) is 18.2 Å². The Balaban J connectivity index is 1.34. The van der Waals surface area contributed by atoms with E-state index in [1.165, 1.54) is 18.4 Å². The molecule has 2 aromatic heterocycles. The van der Waals surface area contributed by atoms with Crippen molar-refractivity contribution >= 4 is 11.6 Å².